The van der Waals surface area contributed by atoms with Gasteiger partial charge < -0.3 is 14.8 Å². The van der Waals surface area contributed by atoms with Gasteiger partial charge in [0.15, 0.2) is 11.0 Å². The maximum atomic E-state index is 12.6. The van der Waals surface area contributed by atoms with Crippen molar-refractivity contribution in [2.75, 3.05) is 44.3 Å². The Labute approximate surface area is 200 Å². The third kappa shape index (κ3) is 6.22. The normalized spacial score (nSPS) is 15.0. The monoisotopic (exact) mass is 464 g/mol. The molecule has 0 aliphatic carbocycles. The van der Waals surface area contributed by atoms with E-state index in [9.17, 15) is 4.79 Å². The molecular weight excluding hydrogens is 432 g/mol. The minimum Gasteiger partial charge on any atom is -0.325 e. The zero-order valence-corrected chi connectivity index (χ0v) is 20.4. The summed E-state index contributed by atoms with van der Waals surface area (Å²) >= 11 is 1.42. The van der Waals surface area contributed by atoms with E-state index in [0.717, 1.165) is 61.5 Å². The zero-order valence-electron chi connectivity index (χ0n) is 19.6. The highest BCUT2D eigenvalue weighted by atomic mass is 32.2. The number of thioether (sulfide) groups is 1. The lowest BCUT2D eigenvalue weighted by molar-refractivity contribution is -0.113. The van der Waals surface area contributed by atoms with Crippen LogP contribution in [0.15, 0.2) is 53.7 Å². The third-order valence-corrected chi connectivity index (χ3v) is 6.82. The van der Waals surface area contributed by atoms with E-state index in [4.69, 9.17) is 0 Å². The summed E-state index contributed by atoms with van der Waals surface area (Å²) in [6, 6.07) is 16.4. The van der Waals surface area contributed by atoms with Gasteiger partial charge in [-0.1, -0.05) is 47.7 Å². The number of hydrogen-bond donors (Lipinski definition) is 1. The number of benzene rings is 2. The smallest absolute Gasteiger partial charge is 0.234 e. The Balaban J connectivity index is 1.34. The standard InChI is InChI=1S/C25H32N6OS/c1-4-31-24(21-9-5-7-19(2)15-21)27-28-25(31)33-18-23(32)26-22-10-6-8-20(16-22)17-30-13-11-29(3)12-14-30/h5-10,15-16H,4,11-14,17-18H2,1-3H3,(H,26,32). The van der Waals surface area contributed by atoms with Gasteiger partial charge in [-0.05, 0) is 44.7 Å². The maximum absolute atomic E-state index is 12.6. The molecule has 0 saturated carbocycles. The van der Waals surface area contributed by atoms with Crippen molar-refractivity contribution in [3.8, 4) is 11.4 Å². The molecule has 0 unspecified atom stereocenters. The highest BCUT2D eigenvalue weighted by Crippen LogP contribution is 2.25. The first-order valence-corrected chi connectivity index (χ1v) is 12.4. The van der Waals surface area contributed by atoms with Crippen LogP contribution >= 0.6 is 11.8 Å². The predicted molar refractivity (Wildman–Crippen MR) is 134 cm³/mol. The fourth-order valence-electron chi connectivity index (χ4n) is 4.02. The molecule has 0 radical (unpaired) electrons. The summed E-state index contributed by atoms with van der Waals surface area (Å²) in [4.78, 5) is 17.5. The van der Waals surface area contributed by atoms with E-state index < -0.39 is 0 Å². The Morgan fingerprint density at radius 1 is 1.06 bits per heavy atom. The van der Waals surface area contributed by atoms with Crippen LogP contribution in [0, 0.1) is 6.92 Å². The number of hydrogen-bond acceptors (Lipinski definition) is 6. The van der Waals surface area contributed by atoms with Gasteiger partial charge in [-0.2, -0.15) is 0 Å². The van der Waals surface area contributed by atoms with Gasteiger partial charge in [0, 0.05) is 50.5 Å². The van der Waals surface area contributed by atoms with Crippen molar-refractivity contribution in [3.63, 3.8) is 0 Å². The number of carbonyl (C=O) groups excluding carboxylic acids is 1. The van der Waals surface area contributed by atoms with E-state index in [2.05, 4.69) is 75.0 Å². The van der Waals surface area contributed by atoms with Gasteiger partial charge in [0.2, 0.25) is 5.91 Å². The minimum atomic E-state index is -0.0421. The molecule has 2 aromatic carbocycles. The molecule has 1 fully saturated rings. The lowest BCUT2D eigenvalue weighted by atomic mass is 10.1. The molecule has 0 bridgehead atoms. The van der Waals surface area contributed by atoms with Crippen LogP contribution in [0.5, 0.6) is 0 Å². The number of aromatic nitrogens is 3. The highest BCUT2D eigenvalue weighted by molar-refractivity contribution is 7.99. The van der Waals surface area contributed by atoms with Crippen molar-refractivity contribution in [2.45, 2.75) is 32.1 Å². The fourth-order valence-corrected chi connectivity index (χ4v) is 4.82. The number of nitrogens with zero attached hydrogens (tertiary/aromatic N) is 5. The molecule has 1 saturated heterocycles. The predicted octanol–water partition coefficient (Wildman–Crippen LogP) is 3.75. The Bertz CT molecular complexity index is 1090. The summed E-state index contributed by atoms with van der Waals surface area (Å²) in [6.07, 6.45) is 0. The molecule has 8 heteroatoms. The first kappa shape index (κ1) is 23.5. The number of likely N-dealkylation sites (N-methyl/N-ethyl adjacent to an activating group) is 1. The number of aryl methyl sites for hydroxylation is 1. The first-order chi connectivity index (χ1) is 16.0. The van der Waals surface area contributed by atoms with Gasteiger partial charge in [-0.25, -0.2) is 0 Å². The zero-order chi connectivity index (χ0) is 23.2. The fraction of sp³-hybridized carbons (Fsp3) is 0.400. The lowest BCUT2D eigenvalue weighted by Crippen LogP contribution is -2.43. The summed E-state index contributed by atoms with van der Waals surface area (Å²) in [5.41, 5.74) is 4.28. The molecular formula is C25H32N6OS. The molecule has 1 N–H and O–H groups in total. The number of carbonyl (C=O) groups is 1. The van der Waals surface area contributed by atoms with E-state index in [1.165, 1.54) is 22.9 Å². The molecule has 7 nitrogen and oxygen atoms in total. The van der Waals surface area contributed by atoms with Crippen LogP contribution in [-0.4, -0.2) is 69.5 Å². The summed E-state index contributed by atoms with van der Waals surface area (Å²) in [6.45, 7) is 10.1. The number of anilines is 1. The molecule has 174 valence electrons. The molecule has 2 heterocycles. The lowest BCUT2D eigenvalue weighted by Gasteiger charge is -2.32. The molecule has 1 aromatic heterocycles. The summed E-state index contributed by atoms with van der Waals surface area (Å²) in [5.74, 6) is 1.08. The van der Waals surface area contributed by atoms with Gasteiger partial charge in [-0.3, -0.25) is 9.69 Å². The Morgan fingerprint density at radius 3 is 2.61 bits per heavy atom. The van der Waals surface area contributed by atoms with Gasteiger partial charge >= 0.3 is 0 Å². The average Bonchev–Trinajstić information content (AvgIpc) is 3.22. The van der Waals surface area contributed by atoms with E-state index in [-0.39, 0.29) is 11.7 Å². The quantitative estimate of drug-likeness (QED) is 0.512. The maximum Gasteiger partial charge on any atom is 0.234 e. The van der Waals surface area contributed by atoms with Crippen LogP contribution < -0.4 is 5.32 Å². The topological polar surface area (TPSA) is 66.3 Å². The summed E-state index contributed by atoms with van der Waals surface area (Å²) < 4.78 is 2.06. The summed E-state index contributed by atoms with van der Waals surface area (Å²) in [7, 11) is 2.16. The number of amides is 1. The second kappa shape index (κ2) is 11.0. The number of nitrogens with one attached hydrogen (secondary N) is 1. The molecule has 1 aliphatic rings. The molecule has 3 aromatic rings. The van der Waals surface area contributed by atoms with Crippen LogP contribution in [0.1, 0.15) is 18.1 Å². The van der Waals surface area contributed by atoms with E-state index in [1.807, 2.05) is 24.3 Å². The third-order valence-electron chi connectivity index (χ3n) is 5.85. The van der Waals surface area contributed by atoms with E-state index >= 15 is 0 Å². The van der Waals surface area contributed by atoms with Crippen molar-refractivity contribution in [2.24, 2.45) is 0 Å². The largest absolute Gasteiger partial charge is 0.325 e. The van der Waals surface area contributed by atoms with Crippen LogP contribution in [0.25, 0.3) is 11.4 Å². The second-order valence-electron chi connectivity index (χ2n) is 8.54. The van der Waals surface area contributed by atoms with Crippen LogP contribution in [0.3, 0.4) is 0 Å². The van der Waals surface area contributed by atoms with Crippen LogP contribution in [0.2, 0.25) is 0 Å². The van der Waals surface area contributed by atoms with Gasteiger partial charge in [-0.15, -0.1) is 10.2 Å². The molecule has 33 heavy (non-hydrogen) atoms. The molecule has 1 amide bonds. The molecule has 0 spiro atoms. The van der Waals surface area contributed by atoms with Crippen LogP contribution in [-0.2, 0) is 17.9 Å². The molecule has 4 rings (SSSR count). The molecule has 0 atom stereocenters. The van der Waals surface area contributed by atoms with Gasteiger partial charge in [0.25, 0.3) is 0 Å². The Hall–Kier alpha value is -2.68. The van der Waals surface area contributed by atoms with E-state index in [1.54, 1.807) is 0 Å². The highest BCUT2D eigenvalue weighted by Gasteiger charge is 2.16. The second-order valence-corrected chi connectivity index (χ2v) is 9.48. The summed E-state index contributed by atoms with van der Waals surface area (Å²) in [5, 5.41) is 12.5. The van der Waals surface area contributed by atoms with Gasteiger partial charge in [0.05, 0.1) is 5.75 Å². The molecule has 1 aliphatic heterocycles. The van der Waals surface area contributed by atoms with Crippen molar-refractivity contribution in [3.05, 3.63) is 59.7 Å². The Kier molecular flexibility index (Phi) is 7.80. The van der Waals surface area contributed by atoms with E-state index in [0.29, 0.717) is 0 Å². The van der Waals surface area contributed by atoms with Crippen molar-refractivity contribution >= 4 is 23.4 Å². The minimum absolute atomic E-state index is 0.0421. The Morgan fingerprint density at radius 2 is 1.85 bits per heavy atom. The SMILES string of the molecule is CCn1c(SCC(=O)Nc2cccc(CN3CCN(C)CC3)c2)nnc1-c1cccc(C)c1. The van der Waals surface area contributed by atoms with Gasteiger partial charge in [0.1, 0.15) is 0 Å². The van der Waals surface area contributed by atoms with Crippen LogP contribution in [0.4, 0.5) is 5.69 Å². The number of piperazine rings is 1. The van der Waals surface area contributed by atoms with Crippen molar-refractivity contribution in [1.82, 2.24) is 24.6 Å². The van der Waals surface area contributed by atoms with Crippen molar-refractivity contribution in [1.29, 1.82) is 0 Å². The van der Waals surface area contributed by atoms with Crippen molar-refractivity contribution < 1.29 is 4.79 Å². The average molecular weight is 465 g/mol. The number of rotatable bonds is 8. The first-order valence-electron chi connectivity index (χ1n) is 11.4.